The second-order valence-electron chi connectivity index (χ2n) is 10.2. The molecule has 5 aliphatic rings. The first-order chi connectivity index (χ1) is 12.4. The molecule has 144 valence electrons. The molecule has 4 aliphatic carbocycles. The van der Waals surface area contributed by atoms with Gasteiger partial charge in [-0.05, 0) is 80.1 Å². The third-order valence-electron chi connectivity index (χ3n) is 9.49. The van der Waals surface area contributed by atoms with Gasteiger partial charge >= 0.3 is 5.97 Å². The molecule has 5 rings (SSSR count). The van der Waals surface area contributed by atoms with Crippen molar-refractivity contribution in [2.75, 3.05) is 0 Å². The van der Waals surface area contributed by atoms with Gasteiger partial charge < -0.3 is 9.47 Å². The monoisotopic (exact) mass is 358 g/mol. The Hall–Kier alpha value is -0.830. The van der Waals surface area contributed by atoms with E-state index in [1.165, 1.54) is 38.5 Å². The van der Waals surface area contributed by atoms with Gasteiger partial charge in [-0.3, -0.25) is 4.79 Å². The van der Waals surface area contributed by atoms with E-state index in [2.05, 4.69) is 26.8 Å². The lowest BCUT2D eigenvalue weighted by Crippen LogP contribution is -2.57. The Balaban J connectivity index is 1.53. The van der Waals surface area contributed by atoms with Crippen molar-refractivity contribution in [1.82, 2.24) is 0 Å². The van der Waals surface area contributed by atoms with Crippen LogP contribution < -0.4 is 0 Å². The first-order valence-corrected chi connectivity index (χ1v) is 10.9. The van der Waals surface area contributed by atoms with Crippen LogP contribution in [0.25, 0.3) is 0 Å². The van der Waals surface area contributed by atoms with Gasteiger partial charge in [0.1, 0.15) is 11.7 Å². The van der Waals surface area contributed by atoms with Crippen molar-refractivity contribution in [3.63, 3.8) is 0 Å². The number of carbonyl (C=O) groups excluding carboxylic acids is 1. The summed E-state index contributed by atoms with van der Waals surface area (Å²) in [6.07, 6.45) is 12.9. The van der Waals surface area contributed by atoms with E-state index >= 15 is 0 Å². The van der Waals surface area contributed by atoms with Gasteiger partial charge in [-0.1, -0.05) is 26.8 Å². The summed E-state index contributed by atoms with van der Waals surface area (Å²) in [6.45, 7) is 8.76. The summed E-state index contributed by atoms with van der Waals surface area (Å²) in [5.74, 6) is 1.93. The predicted octanol–water partition coefficient (Wildman–Crippen LogP) is 5.04. The molecule has 0 spiro atoms. The Morgan fingerprint density at radius 3 is 2.73 bits per heavy atom. The van der Waals surface area contributed by atoms with Crippen molar-refractivity contribution in [2.24, 2.45) is 28.6 Å². The molecule has 2 unspecified atom stereocenters. The number of hydrogen-bond donors (Lipinski definition) is 0. The van der Waals surface area contributed by atoms with Crippen molar-refractivity contribution in [3.8, 4) is 0 Å². The van der Waals surface area contributed by atoms with Crippen LogP contribution in [-0.2, 0) is 14.3 Å². The maximum Gasteiger partial charge on any atom is 0.303 e. The van der Waals surface area contributed by atoms with Crippen LogP contribution in [0.1, 0.15) is 79.1 Å². The maximum absolute atomic E-state index is 11.9. The Morgan fingerprint density at radius 1 is 1.23 bits per heavy atom. The van der Waals surface area contributed by atoms with Gasteiger partial charge in [-0.2, -0.15) is 0 Å². The Morgan fingerprint density at radius 2 is 2.00 bits per heavy atom. The Kier molecular flexibility index (Phi) is 3.57. The summed E-state index contributed by atoms with van der Waals surface area (Å²) in [5.41, 5.74) is 1.83. The van der Waals surface area contributed by atoms with Crippen molar-refractivity contribution in [2.45, 2.75) is 96.9 Å². The van der Waals surface area contributed by atoms with E-state index < -0.39 is 0 Å². The van der Waals surface area contributed by atoms with E-state index in [9.17, 15) is 4.79 Å². The minimum Gasteiger partial charge on any atom is -0.459 e. The van der Waals surface area contributed by atoms with Crippen LogP contribution in [0.5, 0.6) is 0 Å². The molecule has 3 heteroatoms. The summed E-state index contributed by atoms with van der Waals surface area (Å²) in [6, 6.07) is 0. The summed E-state index contributed by atoms with van der Waals surface area (Å²) in [5, 5.41) is 0. The van der Waals surface area contributed by atoms with E-state index in [1.807, 2.05) is 0 Å². The molecule has 0 aromatic carbocycles. The first-order valence-electron chi connectivity index (χ1n) is 10.9. The summed E-state index contributed by atoms with van der Waals surface area (Å²) >= 11 is 0. The molecule has 8 atom stereocenters. The molecule has 0 aromatic heterocycles. The number of allylic oxidation sites excluding steroid dienone is 1. The van der Waals surface area contributed by atoms with Gasteiger partial charge in [0.05, 0.1) is 6.10 Å². The fraction of sp³-hybridized carbons (Fsp3) is 0.870. The first kappa shape index (κ1) is 17.3. The quantitative estimate of drug-likeness (QED) is 0.394. The van der Waals surface area contributed by atoms with Crippen molar-refractivity contribution in [3.05, 3.63) is 11.6 Å². The minimum atomic E-state index is -0.261. The highest BCUT2D eigenvalue weighted by Gasteiger charge is 2.71. The van der Waals surface area contributed by atoms with Gasteiger partial charge in [0, 0.05) is 12.3 Å². The lowest BCUT2D eigenvalue weighted by molar-refractivity contribution is -0.182. The molecule has 0 aromatic rings. The van der Waals surface area contributed by atoms with Crippen molar-refractivity contribution >= 4 is 5.97 Å². The van der Waals surface area contributed by atoms with E-state index in [4.69, 9.17) is 9.47 Å². The number of esters is 1. The van der Waals surface area contributed by atoms with Crippen LogP contribution in [0.15, 0.2) is 11.6 Å². The lowest BCUT2D eigenvalue weighted by atomic mass is 9.46. The largest absolute Gasteiger partial charge is 0.459 e. The number of hydrogen-bond acceptors (Lipinski definition) is 3. The van der Waals surface area contributed by atoms with Crippen LogP contribution in [0.4, 0.5) is 0 Å². The topological polar surface area (TPSA) is 38.8 Å². The fourth-order valence-corrected chi connectivity index (χ4v) is 8.20. The highest BCUT2D eigenvalue weighted by Crippen LogP contribution is 2.71. The molecular weight excluding hydrogens is 324 g/mol. The Labute approximate surface area is 157 Å². The molecule has 26 heavy (non-hydrogen) atoms. The normalized spacial score (nSPS) is 54.3. The molecule has 0 N–H and O–H groups in total. The minimum absolute atomic E-state index is 0.107. The van der Waals surface area contributed by atoms with Crippen molar-refractivity contribution in [1.29, 1.82) is 0 Å². The van der Waals surface area contributed by atoms with Gasteiger partial charge in [-0.15, -0.1) is 0 Å². The van der Waals surface area contributed by atoms with Crippen LogP contribution in [0.2, 0.25) is 0 Å². The molecule has 1 heterocycles. The van der Waals surface area contributed by atoms with Crippen LogP contribution >= 0.6 is 0 Å². The average molecular weight is 359 g/mol. The average Bonchev–Trinajstić information content (AvgIpc) is 3.33. The summed E-state index contributed by atoms with van der Waals surface area (Å²) in [7, 11) is 0. The van der Waals surface area contributed by atoms with Gasteiger partial charge in [0.15, 0.2) is 0 Å². The van der Waals surface area contributed by atoms with Gasteiger partial charge in [0.2, 0.25) is 0 Å². The van der Waals surface area contributed by atoms with Crippen LogP contribution in [0.3, 0.4) is 0 Å². The fourth-order valence-electron chi connectivity index (χ4n) is 8.20. The zero-order valence-electron chi connectivity index (χ0n) is 16.8. The van der Waals surface area contributed by atoms with Crippen molar-refractivity contribution < 1.29 is 14.3 Å². The maximum atomic E-state index is 11.9. The molecule has 1 saturated heterocycles. The Bertz CT molecular complexity index is 668. The lowest BCUT2D eigenvalue weighted by Gasteiger charge is -2.58. The van der Waals surface area contributed by atoms with Gasteiger partial charge in [-0.25, -0.2) is 0 Å². The van der Waals surface area contributed by atoms with E-state index in [0.29, 0.717) is 29.5 Å². The van der Waals surface area contributed by atoms with E-state index in [-0.39, 0.29) is 17.0 Å². The van der Waals surface area contributed by atoms with Crippen LogP contribution in [0, 0.1) is 28.6 Å². The third-order valence-corrected chi connectivity index (χ3v) is 9.49. The molecule has 4 fully saturated rings. The zero-order chi connectivity index (χ0) is 18.3. The third kappa shape index (κ3) is 1.96. The van der Waals surface area contributed by atoms with E-state index in [0.717, 1.165) is 18.8 Å². The number of fused-ring (bicyclic) bond motifs is 8. The summed E-state index contributed by atoms with van der Waals surface area (Å²) < 4.78 is 12.4. The number of rotatable bonds is 2. The molecule has 3 saturated carbocycles. The zero-order valence-corrected chi connectivity index (χ0v) is 16.8. The van der Waals surface area contributed by atoms with E-state index in [1.54, 1.807) is 12.5 Å². The highest BCUT2D eigenvalue weighted by molar-refractivity contribution is 5.66. The molecule has 0 amide bonds. The molecular formula is C23H34O3. The standard InChI is InChI=1S/C23H34O3/c1-5-23(26-14(2)24)13-10-16-18-15(9-12-22(16,23)4)21(3)11-7-6-8-17(21)19-20(18)25-19/h8,15-16,18-20H,5-7,9-13H2,1-4H3/t15-,16-,18+,19?,20?,21+,22-,23+/m0/s1. The molecule has 1 aliphatic heterocycles. The molecule has 0 bridgehead atoms. The highest BCUT2D eigenvalue weighted by atomic mass is 16.6. The molecule has 0 radical (unpaired) electrons. The second-order valence-corrected chi connectivity index (χ2v) is 10.2. The smallest absolute Gasteiger partial charge is 0.303 e. The number of ether oxygens (including phenoxy) is 2. The SMILES string of the molecule is CC[C@@]1(OC(C)=O)CC[C@H]2[C@@H]3C4OC4C4=CCCC[C@]4(C)[C@H]3CC[C@@]21C. The predicted molar refractivity (Wildman–Crippen MR) is 101 cm³/mol. The summed E-state index contributed by atoms with van der Waals surface area (Å²) in [4.78, 5) is 11.9. The second kappa shape index (κ2) is 5.37. The van der Waals surface area contributed by atoms with Crippen LogP contribution in [-0.4, -0.2) is 23.8 Å². The van der Waals surface area contributed by atoms with Gasteiger partial charge in [0.25, 0.3) is 0 Å². The number of carbonyl (C=O) groups is 1. The molecule has 3 nitrogen and oxygen atoms in total. The number of epoxide rings is 1.